The molecule has 0 bridgehead atoms. The summed E-state index contributed by atoms with van der Waals surface area (Å²) in [5, 5.41) is 0. The number of rotatable bonds is 3. The first kappa shape index (κ1) is 13.6. The maximum atomic E-state index is 12.3. The summed E-state index contributed by atoms with van der Waals surface area (Å²) in [6, 6.07) is 7.54. The minimum Gasteiger partial charge on any atom is -0.381 e. The first-order chi connectivity index (χ1) is 8.68. The fourth-order valence-electron chi connectivity index (χ4n) is 2.26. The Labute approximate surface area is 116 Å². The molecule has 1 amide bonds. The van der Waals surface area contributed by atoms with E-state index in [1.54, 1.807) is 4.90 Å². The Morgan fingerprint density at radius 2 is 2.28 bits per heavy atom. The molecule has 1 atom stereocenters. The second kappa shape index (κ2) is 6.34. The van der Waals surface area contributed by atoms with Gasteiger partial charge in [-0.3, -0.25) is 4.79 Å². The van der Waals surface area contributed by atoms with Gasteiger partial charge in [0.2, 0.25) is 0 Å². The molecule has 0 aliphatic carbocycles. The Morgan fingerprint density at radius 3 is 2.94 bits per heavy atom. The molecule has 98 valence electrons. The monoisotopic (exact) mass is 311 g/mol. The van der Waals surface area contributed by atoms with Crippen LogP contribution >= 0.6 is 15.9 Å². The number of carbonyl (C=O) groups is 1. The van der Waals surface area contributed by atoms with Gasteiger partial charge >= 0.3 is 0 Å². The van der Waals surface area contributed by atoms with Gasteiger partial charge in [0, 0.05) is 24.7 Å². The summed E-state index contributed by atoms with van der Waals surface area (Å²) in [5.74, 6) is 0.531. The van der Waals surface area contributed by atoms with Gasteiger partial charge in [-0.25, -0.2) is 0 Å². The normalized spacial score (nSPS) is 19.6. The van der Waals surface area contributed by atoms with E-state index >= 15 is 0 Å². The Balaban J connectivity index is 1.98. The van der Waals surface area contributed by atoms with Gasteiger partial charge in [0.25, 0.3) is 5.91 Å². The lowest BCUT2D eigenvalue weighted by Gasteiger charge is -2.27. The van der Waals surface area contributed by atoms with E-state index in [2.05, 4.69) is 15.9 Å². The van der Waals surface area contributed by atoms with Crippen molar-refractivity contribution in [1.29, 1.82) is 0 Å². The maximum absolute atomic E-state index is 12.3. The summed E-state index contributed by atoms with van der Waals surface area (Å²) in [7, 11) is 1.86. The van der Waals surface area contributed by atoms with Crippen LogP contribution in [0.15, 0.2) is 28.7 Å². The average Bonchev–Trinajstić information content (AvgIpc) is 2.39. The Morgan fingerprint density at radius 1 is 1.50 bits per heavy atom. The number of benzene rings is 1. The van der Waals surface area contributed by atoms with Gasteiger partial charge in [-0.15, -0.1) is 0 Å². The Kier molecular flexibility index (Phi) is 4.78. The van der Waals surface area contributed by atoms with Crippen molar-refractivity contribution in [2.24, 2.45) is 5.92 Å². The van der Waals surface area contributed by atoms with Crippen LogP contribution in [-0.2, 0) is 4.74 Å². The lowest BCUT2D eigenvalue weighted by Crippen LogP contribution is -2.35. The van der Waals surface area contributed by atoms with E-state index in [0.29, 0.717) is 5.92 Å². The average molecular weight is 312 g/mol. The highest BCUT2D eigenvalue weighted by molar-refractivity contribution is 9.10. The maximum Gasteiger partial charge on any atom is 0.254 e. The van der Waals surface area contributed by atoms with Gasteiger partial charge in [0.15, 0.2) is 0 Å². The lowest BCUT2D eigenvalue weighted by molar-refractivity contribution is 0.0388. The summed E-state index contributed by atoms with van der Waals surface area (Å²) in [4.78, 5) is 14.1. The highest BCUT2D eigenvalue weighted by Gasteiger charge is 2.20. The van der Waals surface area contributed by atoms with E-state index < -0.39 is 0 Å². The summed E-state index contributed by atoms with van der Waals surface area (Å²) in [6.07, 6.45) is 2.25. The fraction of sp³-hybridized carbons (Fsp3) is 0.500. The van der Waals surface area contributed by atoms with Gasteiger partial charge in [0.05, 0.1) is 12.2 Å². The zero-order valence-corrected chi connectivity index (χ0v) is 12.1. The molecule has 0 saturated carbocycles. The molecule has 0 aromatic heterocycles. The molecule has 1 aromatic rings. The van der Waals surface area contributed by atoms with Crippen LogP contribution in [0.25, 0.3) is 0 Å². The Bertz CT molecular complexity index is 416. The zero-order chi connectivity index (χ0) is 13.0. The van der Waals surface area contributed by atoms with Crippen molar-refractivity contribution in [1.82, 2.24) is 4.90 Å². The third-order valence-electron chi connectivity index (χ3n) is 3.24. The SMILES string of the molecule is CN(CC1CCCOC1)C(=O)c1ccccc1Br. The largest absolute Gasteiger partial charge is 0.381 e. The molecule has 3 nitrogen and oxygen atoms in total. The summed E-state index contributed by atoms with van der Waals surface area (Å²) >= 11 is 3.42. The molecule has 1 fully saturated rings. The predicted octanol–water partition coefficient (Wildman–Crippen LogP) is 2.95. The van der Waals surface area contributed by atoms with Gasteiger partial charge in [-0.1, -0.05) is 12.1 Å². The molecule has 1 unspecified atom stereocenters. The molecule has 1 saturated heterocycles. The van der Waals surface area contributed by atoms with E-state index in [9.17, 15) is 4.79 Å². The molecule has 2 rings (SSSR count). The van der Waals surface area contributed by atoms with Crippen molar-refractivity contribution in [3.63, 3.8) is 0 Å². The topological polar surface area (TPSA) is 29.5 Å². The smallest absolute Gasteiger partial charge is 0.254 e. The number of hydrogen-bond acceptors (Lipinski definition) is 2. The molecular weight excluding hydrogens is 294 g/mol. The first-order valence-electron chi connectivity index (χ1n) is 6.26. The van der Waals surface area contributed by atoms with Crippen LogP contribution in [0.4, 0.5) is 0 Å². The number of amides is 1. The molecule has 0 radical (unpaired) electrons. The first-order valence-corrected chi connectivity index (χ1v) is 7.05. The van der Waals surface area contributed by atoms with Crippen molar-refractivity contribution in [2.45, 2.75) is 12.8 Å². The quantitative estimate of drug-likeness (QED) is 0.859. The number of carbonyl (C=O) groups excluding carboxylic acids is 1. The third kappa shape index (κ3) is 3.33. The minimum absolute atomic E-state index is 0.0630. The van der Waals surface area contributed by atoms with E-state index in [1.807, 2.05) is 31.3 Å². The second-order valence-electron chi connectivity index (χ2n) is 4.75. The fourth-order valence-corrected chi connectivity index (χ4v) is 2.72. The van der Waals surface area contributed by atoms with Crippen molar-refractivity contribution >= 4 is 21.8 Å². The van der Waals surface area contributed by atoms with Crippen LogP contribution in [0.1, 0.15) is 23.2 Å². The predicted molar refractivity (Wildman–Crippen MR) is 74.6 cm³/mol. The summed E-state index contributed by atoms with van der Waals surface area (Å²) < 4.78 is 6.29. The van der Waals surface area contributed by atoms with Crippen LogP contribution in [0, 0.1) is 5.92 Å². The van der Waals surface area contributed by atoms with Crippen LogP contribution in [-0.4, -0.2) is 37.6 Å². The third-order valence-corrected chi connectivity index (χ3v) is 3.93. The molecule has 0 spiro atoms. The number of halogens is 1. The van der Waals surface area contributed by atoms with Crippen molar-refractivity contribution < 1.29 is 9.53 Å². The highest BCUT2D eigenvalue weighted by Crippen LogP contribution is 2.19. The molecular formula is C14H18BrNO2. The number of ether oxygens (including phenoxy) is 1. The van der Waals surface area contributed by atoms with Crippen LogP contribution in [0.3, 0.4) is 0 Å². The lowest BCUT2D eigenvalue weighted by atomic mass is 10.0. The summed E-state index contributed by atoms with van der Waals surface area (Å²) in [5.41, 5.74) is 0.719. The standard InChI is InChI=1S/C14H18BrNO2/c1-16(9-11-5-4-8-18-10-11)14(17)12-6-2-3-7-13(12)15/h2-3,6-7,11H,4-5,8-10H2,1H3. The molecule has 18 heavy (non-hydrogen) atoms. The molecule has 4 heteroatoms. The van der Waals surface area contributed by atoms with Gasteiger partial charge in [-0.05, 0) is 46.8 Å². The van der Waals surface area contributed by atoms with Gasteiger partial charge in [-0.2, -0.15) is 0 Å². The van der Waals surface area contributed by atoms with Crippen molar-refractivity contribution in [2.75, 3.05) is 26.8 Å². The van der Waals surface area contributed by atoms with E-state index in [4.69, 9.17) is 4.74 Å². The number of hydrogen-bond donors (Lipinski definition) is 0. The van der Waals surface area contributed by atoms with Crippen LogP contribution < -0.4 is 0 Å². The molecule has 0 N–H and O–H groups in total. The summed E-state index contributed by atoms with van der Waals surface area (Å²) in [6.45, 7) is 2.39. The van der Waals surface area contributed by atoms with E-state index in [1.165, 1.54) is 0 Å². The molecule has 1 heterocycles. The van der Waals surface area contributed by atoms with E-state index in [-0.39, 0.29) is 5.91 Å². The minimum atomic E-state index is 0.0630. The van der Waals surface area contributed by atoms with Crippen molar-refractivity contribution in [3.8, 4) is 0 Å². The highest BCUT2D eigenvalue weighted by atomic mass is 79.9. The second-order valence-corrected chi connectivity index (χ2v) is 5.60. The molecule has 1 aliphatic rings. The molecule has 1 aliphatic heterocycles. The number of nitrogens with zero attached hydrogens (tertiary/aromatic N) is 1. The van der Waals surface area contributed by atoms with Crippen LogP contribution in [0.2, 0.25) is 0 Å². The van der Waals surface area contributed by atoms with Gasteiger partial charge in [0.1, 0.15) is 0 Å². The van der Waals surface area contributed by atoms with E-state index in [0.717, 1.165) is 42.6 Å². The van der Waals surface area contributed by atoms with Crippen molar-refractivity contribution in [3.05, 3.63) is 34.3 Å². The zero-order valence-electron chi connectivity index (χ0n) is 10.6. The molecule has 1 aromatic carbocycles. The Hall–Kier alpha value is -0.870. The van der Waals surface area contributed by atoms with Gasteiger partial charge < -0.3 is 9.64 Å². The van der Waals surface area contributed by atoms with Crippen LogP contribution in [0.5, 0.6) is 0 Å².